The van der Waals surface area contributed by atoms with Crippen LogP contribution in [0.15, 0.2) is 59.8 Å². The smallest absolute Gasteiger partial charge is 0.255 e. The van der Waals surface area contributed by atoms with Gasteiger partial charge in [-0.15, -0.1) is 0 Å². The lowest BCUT2D eigenvalue weighted by Crippen LogP contribution is -2.31. The van der Waals surface area contributed by atoms with E-state index in [0.29, 0.717) is 35.9 Å². The number of aliphatic hydroxyl groups excluding tert-OH is 1. The molecule has 31 heavy (non-hydrogen) atoms. The maximum Gasteiger partial charge on any atom is 0.255 e. The molecular weight excluding hydrogens is 394 g/mol. The Kier molecular flexibility index (Phi) is 5.73. The minimum atomic E-state index is -0.517. The standard InChI is InChI=1S/C23H25N5O3/c1-14-6-3-4-7-18(14)25-22(31)20-15(2)24-23-26-19(8-5-13-29)27-28(23)21(20)16-9-11-17(30)12-10-16/h3-4,6-7,9-12,21,29-30H,5,8,13H2,1-2H3,(H,25,31)(H,24,26,27). The molecule has 8 heteroatoms. The molecule has 1 atom stereocenters. The summed E-state index contributed by atoms with van der Waals surface area (Å²) in [7, 11) is 0. The molecule has 0 aliphatic carbocycles. The highest BCUT2D eigenvalue weighted by molar-refractivity contribution is 6.06. The molecule has 0 bridgehead atoms. The number of rotatable bonds is 6. The maximum atomic E-state index is 13.4. The van der Waals surface area contributed by atoms with Gasteiger partial charge in [0.1, 0.15) is 11.8 Å². The molecule has 4 rings (SSSR count). The van der Waals surface area contributed by atoms with Gasteiger partial charge in [0.05, 0.1) is 5.57 Å². The van der Waals surface area contributed by atoms with Crippen molar-refractivity contribution in [3.8, 4) is 5.75 Å². The molecular formula is C23H25N5O3. The van der Waals surface area contributed by atoms with Gasteiger partial charge in [0.15, 0.2) is 5.82 Å². The van der Waals surface area contributed by atoms with Crippen molar-refractivity contribution >= 4 is 17.5 Å². The largest absolute Gasteiger partial charge is 0.508 e. The summed E-state index contributed by atoms with van der Waals surface area (Å²) in [5, 5.41) is 29.7. The third-order valence-electron chi connectivity index (χ3n) is 5.30. The Hall–Kier alpha value is -3.65. The van der Waals surface area contributed by atoms with Crippen LogP contribution in [-0.2, 0) is 11.2 Å². The number of aromatic nitrogens is 3. The van der Waals surface area contributed by atoms with Gasteiger partial charge < -0.3 is 20.8 Å². The Balaban J connectivity index is 1.76. The Morgan fingerprint density at radius 3 is 2.61 bits per heavy atom. The highest BCUT2D eigenvalue weighted by Gasteiger charge is 2.34. The summed E-state index contributed by atoms with van der Waals surface area (Å²) in [4.78, 5) is 18.0. The molecule has 1 aliphatic heterocycles. The van der Waals surface area contributed by atoms with Crippen LogP contribution in [0.1, 0.15) is 36.3 Å². The number of carbonyl (C=O) groups excluding carboxylic acids is 1. The fourth-order valence-electron chi connectivity index (χ4n) is 3.70. The fourth-order valence-corrected chi connectivity index (χ4v) is 3.70. The van der Waals surface area contributed by atoms with Gasteiger partial charge >= 0.3 is 0 Å². The quantitative estimate of drug-likeness (QED) is 0.488. The van der Waals surface area contributed by atoms with Gasteiger partial charge in [-0.05, 0) is 49.6 Å². The molecule has 8 nitrogen and oxygen atoms in total. The number of para-hydroxylation sites is 1. The number of hydrogen-bond acceptors (Lipinski definition) is 6. The van der Waals surface area contributed by atoms with Crippen LogP contribution in [0.25, 0.3) is 0 Å². The number of benzene rings is 2. The van der Waals surface area contributed by atoms with Crippen LogP contribution in [0.2, 0.25) is 0 Å². The van der Waals surface area contributed by atoms with E-state index in [-0.39, 0.29) is 18.3 Å². The van der Waals surface area contributed by atoms with Crippen LogP contribution in [0, 0.1) is 6.92 Å². The van der Waals surface area contributed by atoms with E-state index in [9.17, 15) is 9.90 Å². The van der Waals surface area contributed by atoms with Gasteiger partial charge in [-0.2, -0.15) is 10.1 Å². The molecule has 0 saturated carbocycles. The molecule has 160 valence electrons. The first-order valence-electron chi connectivity index (χ1n) is 10.2. The molecule has 1 aromatic heterocycles. The van der Waals surface area contributed by atoms with Crippen LogP contribution < -0.4 is 10.6 Å². The second-order valence-corrected chi connectivity index (χ2v) is 7.55. The number of phenolic OH excluding ortho intramolecular Hbond substituents is 1. The number of fused-ring (bicyclic) bond motifs is 1. The lowest BCUT2D eigenvalue weighted by atomic mass is 9.95. The van der Waals surface area contributed by atoms with Crippen LogP contribution in [0.5, 0.6) is 5.75 Å². The number of nitrogens with one attached hydrogen (secondary N) is 2. The molecule has 2 aromatic carbocycles. The van der Waals surface area contributed by atoms with Gasteiger partial charge in [0, 0.05) is 24.4 Å². The lowest BCUT2D eigenvalue weighted by Gasteiger charge is -2.29. The number of amides is 1. The van der Waals surface area contributed by atoms with Crippen LogP contribution in [0.4, 0.5) is 11.6 Å². The van der Waals surface area contributed by atoms with Crippen LogP contribution in [0.3, 0.4) is 0 Å². The van der Waals surface area contributed by atoms with E-state index in [4.69, 9.17) is 5.11 Å². The Morgan fingerprint density at radius 2 is 1.90 bits per heavy atom. The zero-order valence-electron chi connectivity index (χ0n) is 17.5. The second kappa shape index (κ2) is 8.61. The number of nitrogens with zero attached hydrogens (tertiary/aromatic N) is 3. The van der Waals surface area contributed by atoms with Crippen LogP contribution in [-0.4, -0.2) is 37.5 Å². The number of aryl methyl sites for hydroxylation is 2. The number of hydrogen-bond donors (Lipinski definition) is 4. The van der Waals surface area contributed by atoms with Crippen LogP contribution >= 0.6 is 0 Å². The van der Waals surface area contributed by atoms with Gasteiger partial charge in [-0.25, -0.2) is 4.68 Å². The van der Waals surface area contributed by atoms with E-state index in [0.717, 1.165) is 16.8 Å². The van der Waals surface area contributed by atoms with Crippen molar-refractivity contribution in [1.29, 1.82) is 0 Å². The van der Waals surface area contributed by atoms with Gasteiger partial charge in [0.2, 0.25) is 5.95 Å². The topological polar surface area (TPSA) is 112 Å². The third-order valence-corrected chi connectivity index (χ3v) is 5.30. The molecule has 2 heterocycles. The van der Waals surface area contributed by atoms with E-state index in [1.807, 2.05) is 38.1 Å². The average Bonchev–Trinajstić information content (AvgIpc) is 3.15. The minimum absolute atomic E-state index is 0.0556. The molecule has 1 aliphatic rings. The number of aromatic hydroxyl groups is 1. The molecule has 0 saturated heterocycles. The van der Waals surface area contributed by atoms with E-state index < -0.39 is 6.04 Å². The average molecular weight is 419 g/mol. The molecule has 1 amide bonds. The van der Waals surface area contributed by atoms with E-state index in [1.54, 1.807) is 28.9 Å². The Labute approximate surface area is 180 Å². The van der Waals surface area contributed by atoms with Crippen molar-refractivity contribution in [2.45, 2.75) is 32.7 Å². The van der Waals surface area contributed by atoms with Crippen molar-refractivity contribution < 1.29 is 15.0 Å². The predicted molar refractivity (Wildman–Crippen MR) is 118 cm³/mol. The zero-order valence-corrected chi connectivity index (χ0v) is 17.5. The van der Waals surface area contributed by atoms with Crippen molar-refractivity contribution in [3.05, 3.63) is 76.8 Å². The second-order valence-electron chi connectivity index (χ2n) is 7.55. The van der Waals surface area contributed by atoms with Crippen molar-refractivity contribution in [3.63, 3.8) is 0 Å². The summed E-state index contributed by atoms with van der Waals surface area (Å²) in [5.74, 6) is 1.03. The first-order chi connectivity index (χ1) is 15.0. The lowest BCUT2D eigenvalue weighted by molar-refractivity contribution is -0.113. The summed E-state index contributed by atoms with van der Waals surface area (Å²) in [5.41, 5.74) is 3.70. The number of aliphatic hydroxyl groups is 1. The first kappa shape index (κ1) is 20.6. The normalized spacial score (nSPS) is 15.4. The molecule has 4 N–H and O–H groups in total. The summed E-state index contributed by atoms with van der Waals surface area (Å²) in [6, 6.07) is 13.8. The SMILES string of the molecule is CC1=C(C(=O)Nc2ccccc2C)C(c2ccc(O)cc2)n2nc(CCCO)nc2N1. The fraction of sp³-hybridized carbons (Fsp3) is 0.261. The number of carbonyl (C=O) groups is 1. The molecule has 3 aromatic rings. The number of anilines is 2. The van der Waals surface area contributed by atoms with Crippen molar-refractivity contribution in [1.82, 2.24) is 14.8 Å². The van der Waals surface area contributed by atoms with E-state index in [1.165, 1.54) is 0 Å². The Morgan fingerprint density at radius 1 is 1.16 bits per heavy atom. The Bertz CT molecular complexity index is 1130. The van der Waals surface area contributed by atoms with E-state index in [2.05, 4.69) is 20.7 Å². The van der Waals surface area contributed by atoms with Gasteiger partial charge in [-0.3, -0.25) is 4.79 Å². The summed E-state index contributed by atoms with van der Waals surface area (Å²) in [6.07, 6.45) is 1.09. The predicted octanol–water partition coefficient (Wildman–Crippen LogP) is 3.14. The van der Waals surface area contributed by atoms with E-state index >= 15 is 0 Å². The minimum Gasteiger partial charge on any atom is -0.508 e. The molecule has 0 radical (unpaired) electrons. The van der Waals surface area contributed by atoms with Crippen molar-refractivity contribution in [2.75, 3.05) is 17.2 Å². The molecule has 0 fully saturated rings. The van der Waals surface area contributed by atoms with Crippen molar-refractivity contribution in [2.24, 2.45) is 0 Å². The first-order valence-corrected chi connectivity index (χ1v) is 10.2. The summed E-state index contributed by atoms with van der Waals surface area (Å²) >= 11 is 0. The monoisotopic (exact) mass is 419 g/mol. The third kappa shape index (κ3) is 4.15. The highest BCUT2D eigenvalue weighted by Crippen LogP contribution is 2.36. The van der Waals surface area contributed by atoms with Gasteiger partial charge in [0.25, 0.3) is 5.91 Å². The van der Waals surface area contributed by atoms with Gasteiger partial charge in [-0.1, -0.05) is 30.3 Å². The molecule has 0 spiro atoms. The number of phenols is 1. The summed E-state index contributed by atoms with van der Waals surface area (Å²) < 4.78 is 1.69. The summed E-state index contributed by atoms with van der Waals surface area (Å²) in [6.45, 7) is 3.84. The highest BCUT2D eigenvalue weighted by atomic mass is 16.3. The number of allylic oxidation sites excluding steroid dienone is 1. The maximum absolute atomic E-state index is 13.4. The zero-order chi connectivity index (χ0) is 22.0. The molecule has 1 unspecified atom stereocenters.